The van der Waals surface area contributed by atoms with E-state index >= 15 is 0 Å². The van der Waals surface area contributed by atoms with Crippen LogP contribution in [0.15, 0.2) is 146 Å². The van der Waals surface area contributed by atoms with E-state index in [1.807, 2.05) is 0 Å². The lowest BCUT2D eigenvalue weighted by Crippen LogP contribution is -1.95. The number of para-hydroxylation sites is 2. The zero-order valence-electron chi connectivity index (χ0n) is 21.8. The van der Waals surface area contributed by atoms with Gasteiger partial charge in [0, 0.05) is 33.7 Å². The fraction of sp³-hybridized carbons (Fsp3) is 0. The van der Waals surface area contributed by atoms with Gasteiger partial charge < -0.3 is 9.13 Å². The van der Waals surface area contributed by atoms with Crippen molar-refractivity contribution in [3.63, 3.8) is 0 Å². The number of benzene rings is 7. The first-order valence-corrected chi connectivity index (χ1v) is 13.8. The maximum atomic E-state index is 2.46. The third kappa shape index (κ3) is 2.88. The van der Waals surface area contributed by atoms with Crippen LogP contribution in [-0.2, 0) is 0 Å². The SMILES string of the molecule is c1ccc(-n2ccc3c2ccc2c4ccccc4n(-c4ccc5c6ccccc6c6ccccc6c5c4)c23)cc1. The van der Waals surface area contributed by atoms with E-state index < -0.39 is 0 Å². The van der Waals surface area contributed by atoms with E-state index in [-0.39, 0.29) is 0 Å². The molecular weight excluding hydrogens is 484 g/mol. The Labute approximate surface area is 230 Å². The number of aromatic nitrogens is 2. The topological polar surface area (TPSA) is 9.86 Å². The van der Waals surface area contributed by atoms with Crippen molar-refractivity contribution in [3.05, 3.63) is 146 Å². The van der Waals surface area contributed by atoms with Crippen molar-refractivity contribution in [1.82, 2.24) is 9.13 Å². The minimum atomic E-state index is 1.17. The smallest absolute Gasteiger partial charge is 0.0635 e. The molecule has 0 radical (unpaired) electrons. The van der Waals surface area contributed by atoms with E-state index in [0.717, 1.165) is 0 Å². The first-order chi connectivity index (χ1) is 19.9. The molecule has 0 spiro atoms. The van der Waals surface area contributed by atoms with Gasteiger partial charge in [0.15, 0.2) is 0 Å². The molecule has 0 unspecified atom stereocenters. The molecule has 2 nitrogen and oxygen atoms in total. The Balaban J connectivity index is 1.42. The van der Waals surface area contributed by atoms with Crippen molar-refractivity contribution in [2.24, 2.45) is 0 Å². The van der Waals surface area contributed by atoms with Crippen molar-refractivity contribution >= 4 is 65.0 Å². The van der Waals surface area contributed by atoms with Crippen molar-refractivity contribution in [2.75, 3.05) is 0 Å². The average Bonchev–Trinajstić information content (AvgIpc) is 3.61. The summed E-state index contributed by atoms with van der Waals surface area (Å²) < 4.78 is 4.75. The molecule has 2 aromatic heterocycles. The highest BCUT2D eigenvalue weighted by Gasteiger charge is 2.18. The highest BCUT2D eigenvalue weighted by atomic mass is 15.0. The molecule has 0 aliphatic heterocycles. The van der Waals surface area contributed by atoms with Gasteiger partial charge in [-0.2, -0.15) is 0 Å². The van der Waals surface area contributed by atoms with Crippen molar-refractivity contribution in [2.45, 2.75) is 0 Å². The van der Waals surface area contributed by atoms with Crippen LogP contribution < -0.4 is 0 Å². The highest BCUT2D eigenvalue weighted by molar-refractivity contribution is 6.26. The molecule has 9 rings (SSSR count). The summed E-state index contributed by atoms with van der Waals surface area (Å²) in [4.78, 5) is 0. The van der Waals surface area contributed by atoms with Gasteiger partial charge in [-0.15, -0.1) is 0 Å². The summed E-state index contributed by atoms with van der Waals surface area (Å²) in [7, 11) is 0. The summed E-state index contributed by atoms with van der Waals surface area (Å²) in [5, 5.41) is 11.6. The van der Waals surface area contributed by atoms with Gasteiger partial charge in [-0.1, -0.05) is 97.1 Å². The second kappa shape index (κ2) is 8.08. The fourth-order valence-electron chi connectivity index (χ4n) is 6.79. The Morgan fingerprint density at radius 3 is 1.62 bits per heavy atom. The lowest BCUT2D eigenvalue weighted by atomic mass is 9.94. The number of hydrogen-bond donors (Lipinski definition) is 0. The largest absolute Gasteiger partial charge is 0.316 e. The molecule has 0 amide bonds. The second-order valence-corrected chi connectivity index (χ2v) is 10.6. The molecule has 0 saturated carbocycles. The van der Waals surface area contributed by atoms with Crippen LogP contribution in [0.5, 0.6) is 0 Å². The van der Waals surface area contributed by atoms with Crippen LogP contribution in [0.4, 0.5) is 0 Å². The maximum absolute atomic E-state index is 2.46. The van der Waals surface area contributed by atoms with E-state index in [2.05, 4.69) is 155 Å². The molecule has 0 aliphatic carbocycles. The second-order valence-electron chi connectivity index (χ2n) is 10.6. The number of fused-ring (bicyclic) bond motifs is 11. The van der Waals surface area contributed by atoms with Crippen LogP contribution in [0.3, 0.4) is 0 Å². The van der Waals surface area contributed by atoms with Crippen LogP contribution in [0.1, 0.15) is 0 Å². The Bertz CT molecular complexity index is 2390. The lowest BCUT2D eigenvalue weighted by molar-refractivity contribution is 1.13. The monoisotopic (exact) mass is 508 g/mol. The highest BCUT2D eigenvalue weighted by Crippen LogP contribution is 2.40. The standard InChI is InChI=1S/C38H24N2/c1-2-10-25(11-3-1)39-23-22-34-36(39)21-20-33-32-16-8-9-17-37(32)40(38(33)34)26-18-19-31-29-14-5-4-12-27(29)28-13-6-7-15-30(28)35(31)24-26/h1-24H. The van der Waals surface area contributed by atoms with E-state index in [1.165, 1.54) is 76.4 Å². The molecule has 2 heteroatoms. The minimum Gasteiger partial charge on any atom is -0.316 e. The molecule has 0 saturated heterocycles. The molecule has 9 aromatic rings. The van der Waals surface area contributed by atoms with Crippen LogP contribution in [0.2, 0.25) is 0 Å². The third-order valence-electron chi connectivity index (χ3n) is 8.52. The Hall–Kier alpha value is -5.34. The molecular formula is C38H24N2. The summed E-state index contributed by atoms with van der Waals surface area (Å²) >= 11 is 0. The molecule has 0 aliphatic rings. The quantitative estimate of drug-likeness (QED) is 0.206. The van der Waals surface area contributed by atoms with Crippen molar-refractivity contribution in [1.29, 1.82) is 0 Å². The van der Waals surface area contributed by atoms with Crippen LogP contribution >= 0.6 is 0 Å². The predicted octanol–water partition coefficient (Wildman–Crippen LogP) is 10.2. The van der Waals surface area contributed by atoms with Gasteiger partial charge in [-0.25, -0.2) is 0 Å². The molecule has 0 bridgehead atoms. The molecule has 40 heavy (non-hydrogen) atoms. The van der Waals surface area contributed by atoms with E-state index in [1.54, 1.807) is 0 Å². The van der Waals surface area contributed by atoms with Crippen LogP contribution in [0, 0.1) is 0 Å². The van der Waals surface area contributed by atoms with E-state index in [0.29, 0.717) is 0 Å². The van der Waals surface area contributed by atoms with Crippen LogP contribution in [0.25, 0.3) is 76.4 Å². The number of hydrogen-bond acceptors (Lipinski definition) is 0. The number of nitrogens with zero attached hydrogens (tertiary/aromatic N) is 2. The summed E-state index contributed by atoms with van der Waals surface area (Å²) in [5.74, 6) is 0. The Morgan fingerprint density at radius 1 is 0.325 bits per heavy atom. The van der Waals surface area contributed by atoms with Gasteiger partial charge in [-0.05, 0) is 74.8 Å². The first kappa shape index (κ1) is 21.6. The van der Waals surface area contributed by atoms with Gasteiger partial charge >= 0.3 is 0 Å². The molecule has 7 aromatic carbocycles. The fourth-order valence-corrected chi connectivity index (χ4v) is 6.79. The van der Waals surface area contributed by atoms with Crippen LogP contribution in [-0.4, -0.2) is 9.13 Å². The van der Waals surface area contributed by atoms with Gasteiger partial charge in [0.2, 0.25) is 0 Å². The molecule has 2 heterocycles. The average molecular weight is 509 g/mol. The summed E-state index contributed by atoms with van der Waals surface area (Å²) in [6.45, 7) is 0. The summed E-state index contributed by atoms with van der Waals surface area (Å²) in [6, 6.07) is 50.8. The lowest BCUT2D eigenvalue weighted by Gasteiger charge is -2.14. The first-order valence-electron chi connectivity index (χ1n) is 13.8. The minimum absolute atomic E-state index is 1.17. The van der Waals surface area contributed by atoms with E-state index in [9.17, 15) is 0 Å². The Kier molecular flexibility index (Phi) is 4.36. The predicted molar refractivity (Wildman–Crippen MR) is 170 cm³/mol. The van der Waals surface area contributed by atoms with Gasteiger partial charge in [0.25, 0.3) is 0 Å². The molecule has 0 atom stereocenters. The zero-order valence-corrected chi connectivity index (χ0v) is 21.8. The van der Waals surface area contributed by atoms with Gasteiger partial charge in [0.1, 0.15) is 0 Å². The zero-order chi connectivity index (χ0) is 26.2. The maximum Gasteiger partial charge on any atom is 0.0635 e. The van der Waals surface area contributed by atoms with E-state index in [4.69, 9.17) is 0 Å². The summed E-state index contributed by atoms with van der Waals surface area (Å²) in [5.41, 5.74) is 6.03. The molecule has 0 N–H and O–H groups in total. The van der Waals surface area contributed by atoms with Gasteiger partial charge in [0.05, 0.1) is 16.6 Å². The summed E-state index contributed by atoms with van der Waals surface area (Å²) in [6.07, 6.45) is 2.20. The normalized spacial score (nSPS) is 12.0. The van der Waals surface area contributed by atoms with Crippen molar-refractivity contribution < 1.29 is 0 Å². The third-order valence-corrected chi connectivity index (χ3v) is 8.52. The molecule has 186 valence electrons. The molecule has 0 fully saturated rings. The number of rotatable bonds is 2. The Morgan fingerprint density at radius 2 is 0.900 bits per heavy atom. The van der Waals surface area contributed by atoms with Gasteiger partial charge in [-0.3, -0.25) is 0 Å². The van der Waals surface area contributed by atoms with Crippen molar-refractivity contribution in [3.8, 4) is 11.4 Å².